The van der Waals surface area contributed by atoms with E-state index >= 15 is 0 Å². The van der Waals surface area contributed by atoms with Gasteiger partial charge in [-0.2, -0.15) is 0 Å². The van der Waals surface area contributed by atoms with Crippen LogP contribution >= 0.6 is 6.04 Å². The zero-order valence-electron chi connectivity index (χ0n) is 10.2. The van der Waals surface area contributed by atoms with Crippen LogP contribution in [-0.4, -0.2) is 17.8 Å². The Kier molecular flexibility index (Phi) is 4.55. The van der Waals surface area contributed by atoms with Crippen molar-refractivity contribution >= 4 is 23.4 Å². The molecule has 3 heteroatoms. The van der Waals surface area contributed by atoms with Crippen LogP contribution in [0.3, 0.4) is 0 Å². The van der Waals surface area contributed by atoms with Gasteiger partial charge >= 0.3 is 0 Å². The highest BCUT2D eigenvalue weighted by atomic mass is 32.4. The minimum Gasteiger partial charge on any atom is -0.293 e. The Balaban J connectivity index is 2.86. The Morgan fingerprint density at radius 1 is 1.20 bits per heavy atom. The fraction of sp³-hybridized carbons (Fsp3) is 0.917. The lowest BCUT2D eigenvalue weighted by atomic mass is 9.77. The summed E-state index contributed by atoms with van der Waals surface area (Å²) >= 11 is 5.64. The van der Waals surface area contributed by atoms with Gasteiger partial charge in [-0.1, -0.05) is 51.8 Å². The first kappa shape index (κ1) is 13.4. The van der Waals surface area contributed by atoms with Crippen LogP contribution in [0.2, 0.25) is 0 Å². The molecule has 0 heterocycles. The lowest BCUT2D eigenvalue weighted by Gasteiger charge is -2.36. The molecule has 15 heavy (non-hydrogen) atoms. The molecule has 1 fully saturated rings. The van der Waals surface area contributed by atoms with E-state index in [1.165, 1.54) is 19.3 Å². The molecule has 0 unspecified atom stereocenters. The SMILES string of the molecule is CCP(=S)(CC)C(=O)C1(C)CCCCC1. The van der Waals surface area contributed by atoms with E-state index in [2.05, 4.69) is 20.8 Å². The average Bonchev–Trinajstić information content (AvgIpc) is 2.28. The smallest absolute Gasteiger partial charge is 0.169 e. The quantitative estimate of drug-likeness (QED) is 0.697. The zero-order chi connectivity index (χ0) is 11.5. The third kappa shape index (κ3) is 2.71. The summed E-state index contributed by atoms with van der Waals surface area (Å²) in [5.74, 6) is 0. The number of carbonyl (C=O) groups excluding carboxylic acids is 1. The number of rotatable bonds is 4. The van der Waals surface area contributed by atoms with Gasteiger partial charge in [0.25, 0.3) is 0 Å². The molecule has 1 saturated carbocycles. The third-order valence-corrected chi connectivity index (χ3v) is 9.24. The zero-order valence-corrected chi connectivity index (χ0v) is 11.9. The minimum absolute atomic E-state index is 0.0696. The monoisotopic (exact) mass is 246 g/mol. The Bertz CT molecular complexity index is 271. The summed E-state index contributed by atoms with van der Waals surface area (Å²) in [6.45, 7) is 6.34. The van der Waals surface area contributed by atoms with Gasteiger partial charge in [-0.3, -0.25) is 4.79 Å². The van der Waals surface area contributed by atoms with E-state index in [1.807, 2.05) is 0 Å². The van der Waals surface area contributed by atoms with E-state index in [4.69, 9.17) is 11.8 Å². The lowest BCUT2D eigenvalue weighted by Crippen LogP contribution is -2.31. The van der Waals surface area contributed by atoms with Crippen LogP contribution in [0.5, 0.6) is 0 Å². The molecule has 1 rings (SSSR count). The molecule has 0 bridgehead atoms. The highest BCUT2D eigenvalue weighted by Crippen LogP contribution is 2.55. The molecule has 0 N–H and O–H groups in total. The van der Waals surface area contributed by atoms with E-state index in [9.17, 15) is 4.79 Å². The van der Waals surface area contributed by atoms with Crippen LogP contribution in [0.1, 0.15) is 52.9 Å². The van der Waals surface area contributed by atoms with Crippen LogP contribution in [0.25, 0.3) is 0 Å². The Labute approximate surface area is 99.0 Å². The second-order valence-corrected chi connectivity index (χ2v) is 10.5. The summed E-state index contributed by atoms with van der Waals surface area (Å²) < 4.78 is 0. The van der Waals surface area contributed by atoms with Crippen LogP contribution < -0.4 is 0 Å². The minimum atomic E-state index is -1.71. The van der Waals surface area contributed by atoms with Gasteiger partial charge < -0.3 is 0 Å². The molecular weight excluding hydrogens is 223 g/mol. The van der Waals surface area contributed by atoms with Crippen LogP contribution in [0, 0.1) is 5.41 Å². The van der Waals surface area contributed by atoms with Crippen molar-refractivity contribution in [1.82, 2.24) is 0 Å². The molecule has 0 aromatic carbocycles. The Hall–Kier alpha value is 0.320. The topological polar surface area (TPSA) is 17.1 Å². The molecule has 0 saturated heterocycles. The van der Waals surface area contributed by atoms with E-state index < -0.39 is 6.04 Å². The van der Waals surface area contributed by atoms with Crippen molar-refractivity contribution in [1.29, 1.82) is 0 Å². The van der Waals surface area contributed by atoms with Gasteiger partial charge in [-0.25, -0.2) is 0 Å². The second-order valence-electron chi connectivity index (χ2n) is 4.95. The van der Waals surface area contributed by atoms with E-state index in [0.717, 1.165) is 25.2 Å². The molecule has 0 aromatic heterocycles. The maximum atomic E-state index is 12.5. The largest absolute Gasteiger partial charge is 0.293 e. The van der Waals surface area contributed by atoms with Gasteiger partial charge in [-0.15, -0.1) is 0 Å². The summed E-state index contributed by atoms with van der Waals surface area (Å²) in [4.78, 5) is 12.5. The van der Waals surface area contributed by atoms with Gasteiger partial charge in [0.1, 0.15) is 0 Å². The summed E-state index contributed by atoms with van der Waals surface area (Å²) in [7, 11) is 0. The standard InChI is InChI=1S/C12H23OPS/c1-4-14(15,5-2)11(13)12(3)9-7-6-8-10-12/h4-10H2,1-3H3. The second kappa shape index (κ2) is 5.10. The maximum Gasteiger partial charge on any atom is 0.169 e. The molecule has 1 aliphatic carbocycles. The first-order chi connectivity index (χ1) is 6.98. The number of hydrogen-bond donors (Lipinski definition) is 0. The highest BCUT2D eigenvalue weighted by molar-refractivity contribution is 8.22. The van der Waals surface area contributed by atoms with Crippen molar-refractivity contribution in [3.63, 3.8) is 0 Å². The third-order valence-electron chi connectivity index (χ3n) is 3.87. The molecule has 0 atom stereocenters. The predicted molar refractivity (Wildman–Crippen MR) is 71.6 cm³/mol. The Morgan fingerprint density at radius 3 is 2.07 bits per heavy atom. The fourth-order valence-electron chi connectivity index (χ4n) is 2.55. The molecule has 1 aliphatic rings. The van der Waals surface area contributed by atoms with Crippen molar-refractivity contribution < 1.29 is 4.79 Å². The van der Waals surface area contributed by atoms with Gasteiger partial charge in [-0.05, 0) is 25.2 Å². The highest BCUT2D eigenvalue weighted by Gasteiger charge is 2.40. The predicted octanol–water partition coefficient (Wildman–Crippen LogP) is 4.00. The molecule has 0 amide bonds. The summed E-state index contributed by atoms with van der Waals surface area (Å²) in [5.41, 5.74) is 0.384. The summed E-state index contributed by atoms with van der Waals surface area (Å²) in [6.07, 6.45) is 7.69. The molecular formula is C12H23OPS. The van der Waals surface area contributed by atoms with Gasteiger partial charge in [0.15, 0.2) is 5.52 Å². The molecule has 0 aromatic rings. The van der Waals surface area contributed by atoms with Crippen molar-refractivity contribution in [2.45, 2.75) is 52.9 Å². The van der Waals surface area contributed by atoms with Crippen molar-refractivity contribution in [2.75, 3.05) is 12.3 Å². The summed E-state index contributed by atoms with van der Waals surface area (Å²) in [5, 5.41) is 0. The Morgan fingerprint density at radius 2 is 1.67 bits per heavy atom. The fourth-order valence-corrected chi connectivity index (χ4v) is 5.44. The summed E-state index contributed by atoms with van der Waals surface area (Å²) in [6, 6.07) is -1.71. The van der Waals surface area contributed by atoms with Gasteiger partial charge in [0.05, 0.1) is 0 Å². The average molecular weight is 246 g/mol. The van der Waals surface area contributed by atoms with Crippen molar-refractivity contribution in [3.05, 3.63) is 0 Å². The number of carbonyl (C=O) groups is 1. The molecule has 0 radical (unpaired) electrons. The lowest BCUT2D eigenvalue weighted by molar-refractivity contribution is -0.121. The first-order valence-corrected chi connectivity index (χ1v) is 9.29. The van der Waals surface area contributed by atoms with E-state index in [-0.39, 0.29) is 5.41 Å². The van der Waals surface area contributed by atoms with Crippen LogP contribution in [0.15, 0.2) is 0 Å². The van der Waals surface area contributed by atoms with Crippen molar-refractivity contribution in [3.8, 4) is 0 Å². The van der Waals surface area contributed by atoms with Crippen LogP contribution in [-0.2, 0) is 16.6 Å². The number of hydrogen-bond acceptors (Lipinski definition) is 2. The maximum absolute atomic E-state index is 12.5. The van der Waals surface area contributed by atoms with Gasteiger partial charge in [0.2, 0.25) is 0 Å². The normalized spacial score (nSPS) is 21.3. The van der Waals surface area contributed by atoms with Crippen molar-refractivity contribution in [2.24, 2.45) is 5.41 Å². The molecule has 0 aliphatic heterocycles. The van der Waals surface area contributed by atoms with E-state index in [1.54, 1.807) is 0 Å². The van der Waals surface area contributed by atoms with E-state index in [0.29, 0.717) is 5.52 Å². The first-order valence-electron chi connectivity index (χ1n) is 6.11. The molecule has 0 spiro atoms. The molecule has 88 valence electrons. The van der Waals surface area contributed by atoms with Crippen LogP contribution in [0.4, 0.5) is 0 Å². The van der Waals surface area contributed by atoms with Gasteiger partial charge in [0, 0.05) is 11.5 Å². The molecule has 1 nitrogen and oxygen atoms in total.